The summed E-state index contributed by atoms with van der Waals surface area (Å²) in [5.74, 6) is -0.142. The summed E-state index contributed by atoms with van der Waals surface area (Å²) in [7, 11) is -4.00. The van der Waals surface area contributed by atoms with Gasteiger partial charge in [-0.3, -0.25) is 4.79 Å². The number of amides is 1. The first-order valence-corrected chi connectivity index (χ1v) is 12.9. The standard InChI is InChI=1S/C21H27N3O5S2/c1-24(2)31(28,29)20-12-5-17(6-13-20)15-22-21(25)14-7-16-3-10-19(11-4-16)30(26,27)23-18-8-9-18/h3-6,10-13,18,23H,7-9,14-15H2,1-2H3,(H,22,25). The minimum absolute atomic E-state index is 0.0574. The minimum Gasteiger partial charge on any atom is -0.352 e. The predicted octanol–water partition coefficient (Wildman–Crippen LogP) is 1.63. The molecular weight excluding hydrogens is 438 g/mol. The normalized spacial score (nSPS) is 14.5. The number of carbonyl (C=O) groups excluding carboxylic acids is 1. The second kappa shape index (κ2) is 9.47. The molecule has 0 spiro atoms. The van der Waals surface area contributed by atoms with E-state index >= 15 is 0 Å². The van der Waals surface area contributed by atoms with Crippen LogP contribution in [0.2, 0.25) is 0 Å². The van der Waals surface area contributed by atoms with Crippen LogP contribution in [-0.4, -0.2) is 47.2 Å². The average Bonchev–Trinajstić information content (AvgIpc) is 3.54. The Labute approximate surface area is 183 Å². The molecule has 1 aliphatic rings. The first-order valence-electron chi connectivity index (χ1n) is 9.97. The number of rotatable bonds is 10. The van der Waals surface area contributed by atoms with Crippen molar-refractivity contribution >= 4 is 26.0 Å². The number of nitrogens with zero attached hydrogens (tertiary/aromatic N) is 1. The zero-order chi connectivity index (χ0) is 22.6. The maximum atomic E-state index is 12.2. The van der Waals surface area contributed by atoms with Crippen LogP contribution in [0.1, 0.15) is 30.4 Å². The van der Waals surface area contributed by atoms with Gasteiger partial charge in [-0.2, -0.15) is 0 Å². The van der Waals surface area contributed by atoms with Crippen LogP contribution in [0, 0.1) is 0 Å². The summed E-state index contributed by atoms with van der Waals surface area (Å²) in [6.07, 6.45) is 2.51. The van der Waals surface area contributed by atoms with Crippen molar-refractivity contribution in [3.63, 3.8) is 0 Å². The summed E-state index contributed by atoms with van der Waals surface area (Å²) in [6.45, 7) is 0.297. The Hall–Kier alpha value is -2.27. The van der Waals surface area contributed by atoms with E-state index < -0.39 is 20.0 Å². The second-order valence-electron chi connectivity index (χ2n) is 7.75. The number of carbonyl (C=O) groups is 1. The van der Waals surface area contributed by atoms with Gasteiger partial charge in [-0.05, 0) is 54.7 Å². The summed E-state index contributed by atoms with van der Waals surface area (Å²) in [5.41, 5.74) is 1.67. The number of hydrogen-bond donors (Lipinski definition) is 2. The quantitative estimate of drug-likeness (QED) is 0.554. The van der Waals surface area contributed by atoms with Gasteiger partial charge in [0.15, 0.2) is 0 Å². The number of sulfonamides is 2. The third-order valence-electron chi connectivity index (χ3n) is 4.97. The Kier molecular flexibility index (Phi) is 7.15. The third-order valence-corrected chi connectivity index (χ3v) is 8.33. The fraction of sp³-hybridized carbons (Fsp3) is 0.381. The summed E-state index contributed by atoms with van der Waals surface area (Å²) in [4.78, 5) is 12.6. The van der Waals surface area contributed by atoms with Crippen LogP contribution in [0.3, 0.4) is 0 Å². The average molecular weight is 466 g/mol. The van der Waals surface area contributed by atoms with Gasteiger partial charge in [0, 0.05) is 33.1 Å². The van der Waals surface area contributed by atoms with Crippen molar-refractivity contribution in [2.24, 2.45) is 0 Å². The Balaban J connectivity index is 1.47. The lowest BCUT2D eigenvalue weighted by Gasteiger charge is -2.12. The van der Waals surface area contributed by atoms with Crippen molar-refractivity contribution < 1.29 is 21.6 Å². The van der Waals surface area contributed by atoms with Crippen LogP contribution in [-0.2, 0) is 37.8 Å². The van der Waals surface area contributed by atoms with E-state index in [2.05, 4.69) is 10.0 Å². The van der Waals surface area contributed by atoms with E-state index in [1.54, 1.807) is 36.4 Å². The first-order chi connectivity index (χ1) is 14.6. The van der Waals surface area contributed by atoms with Gasteiger partial charge in [0.25, 0.3) is 0 Å². The van der Waals surface area contributed by atoms with Gasteiger partial charge in [0.1, 0.15) is 0 Å². The van der Waals surface area contributed by atoms with Crippen molar-refractivity contribution in [3.05, 3.63) is 59.7 Å². The molecule has 8 nitrogen and oxygen atoms in total. The molecule has 0 atom stereocenters. The zero-order valence-electron chi connectivity index (χ0n) is 17.5. The van der Waals surface area contributed by atoms with Gasteiger partial charge in [0.2, 0.25) is 26.0 Å². The number of aryl methyl sites for hydroxylation is 1. The van der Waals surface area contributed by atoms with E-state index in [0.29, 0.717) is 13.0 Å². The van der Waals surface area contributed by atoms with E-state index in [1.807, 2.05) is 0 Å². The first kappa shape index (κ1) is 23.4. The van der Waals surface area contributed by atoms with E-state index in [0.717, 1.165) is 28.3 Å². The molecule has 168 valence electrons. The molecule has 0 heterocycles. The van der Waals surface area contributed by atoms with Crippen LogP contribution in [0.4, 0.5) is 0 Å². The fourth-order valence-corrected chi connectivity index (χ4v) is 5.07. The third kappa shape index (κ3) is 6.36. The van der Waals surface area contributed by atoms with Crippen LogP contribution in [0.25, 0.3) is 0 Å². The summed E-state index contributed by atoms with van der Waals surface area (Å²) in [5, 5.41) is 2.81. The lowest BCUT2D eigenvalue weighted by Crippen LogP contribution is -2.25. The lowest BCUT2D eigenvalue weighted by molar-refractivity contribution is -0.121. The Morgan fingerprint density at radius 1 is 0.903 bits per heavy atom. The highest BCUT2D eigenvalue weighted by molar-refractivity contribution is 7.89. The Bertz CT molecular complexity index is 1120. The molecule has 3 rings (SSSR count). The van der Waals surface area contributed by atoms with Crippen LogP contribution < -0.4 is 10.0 Å². The summed E-state index contributed by atoms with van der Waals surface area (Å²) in [6, 6.07) is 13.0. The molecule has 1 amide bonds. The van der Waals surface area contributed by atoms with Gasteiger partial charge in [-0.1, -0.05) is 24.3 Å². The largest absolute Gasteiger partial charge is 0.352 e. The molecular formula is C21H27N3O5S2. The molecule has 2 aromatic rings. The topological polar surface area (TPSA) is 113 Å². The molecule has 0 saturated heterocycles. The highest BCUT2D eigenvalue weighted by Gasteiger charge is 2.27. The maximum Gasteiger partial charge on any atom is 0.242 e. The van der Waals surface area contributed by atoms with Crippen molar-refractivity contribution in [2.45, 2.75) is 48.1 Å². The molecule has 0 bridgehead atoms. The SMILES string of the molecule is CN(C)S(=O)(=O)c1ccc(CNC(=O)CCc2ccc(S(=O)(=O)NC3CC3)cc2)cc1. The minimum atomic E-state index is -3.48. The molecule has 0 aromatic heterocycles. The molecule has 0 radical (unpaired) electrons. The van der Waals surface area contributed by atoms with Gasteiger partial charge in [0.05, 0.1) is 9.79 Å². The van der Waals surface area contributed by atoms with Crippen LogP contribution >= 0.6 is 0 Å². The second-order valence-corrected chi connectivity index (χ2v) is 11.6. The van der Waals surface area contributed by atoms with Crippen molar-refractivity contribution in [3.8, 4) is 0 Å². The highest BCUT2D eigenvalue weighted by atomic mass is 32.2. The summed E-state index contributed by atoms with van der Waals surface area (Å²) < 4.78 is 52.3. The van der Waals surface area contributed by atoms with Gasteiger partial charge >= 0.3 is 0 Å². The van der Waals surface area contributed by atoms with Crippen LogP contribution in [0.5, 0.6) is 0 Å². The molecule has 2 N–H and O–H groups in total. The molecule has 1 saturated carbocycles. The van der Waals surface area contributed by atoms with E-state index in [1.165, 1.54) is 26.2 Å². The zero-order valence-corrected chi connectivity index (χ0v) is 19.2. The Morgan fingerprint density at radius 2 is 1.45 bits per heavy atom. The molecule has 2 aromatic carbocycles. The fourth-order valence-electron chi connectivity index (χ4n) is 2.86. The summed E-state index contributed by atoms with van der Waals surface area (Å²) >= 11 is 0. The molecule has 1 aliphatic carbocycles. The molecule has 31 heavy (non-hydrogen) atoms. The van der Waals surface area contributed by atoms with Crippen LogP contribution in [0.15, 0.2) is 58.3 Å². The van der Waals surface area contributed by atoms with E-state index in [-0.39, 0.29) is 28.2 Å². The van der Waals surface area contributed by atoms with E-state index in [4.69, 9.17) is 0 Å². The number of benzene rings is 2. The van der Waals surface area contributed by atoms with Crippen molar-refractivity contribution in [2.75, 3.05) is 14.1 Å². The van der Waals surface area contributed by atoms with Gasteiger partial charge in [-0.15, -0.1) is 0 Å². The van der Waals surface area contributed by atoms with Crippen molar-refractivity contribution in [1.82, 2.24) is 14.3 Å². The molecule has 1 fully saturated rings. The molecule has 0 aliphatic heterocycles. The smallest absolute Gasteiger partial charge is 0.242 e. The van der Waals surface area contributed by atoms with E-state index in [9.17, 15) is 21.6 Å². The number of hydrogen-bond acceptors (Lipinski definition) is 5. The molecule has 10 heteroatoms. The maximum absolute atomic E-state index is 12.2. The number of nitrogens with one attached hydrogen (secondary N) is 2. The predicted molar refractivity (Wildman–Crippen MR) is 117 cm³/mol. The molecule has 0 unspecified atom stereocenters. The van der Waals surface area contributed by atoms with Gasteiger partial charge < -0.3 is 5.32 Å². The monoisotopic (exact) mass is 465 g/mol. The van der Waals surface area contributed by atoms with Crippen molar-refractivity contribution in [1.29, 1.82) is 0 Å². The lowest BCUT2D eigenvalue weighted by atomic mass is 10.1. The highest BCUT2D eigenvalue weighted by Crippen LogP contribution is 2.22. The Morgan fingerprint density at radius 3 is 2.00 bits per heavy atom. The van der Waals surface area contributed by atoms with Gasteiger partial charge in [-0.25, -0.2) is 25.9 Å².